The molecule has 2 aromatic rings. The molecule has 1 unspecified atom stereocenters. The predicted octanol–water partition coefficient (Wildman–Crippen LogP) is 2.14. The Labute approximate surface area is 153 Å². The normalized spacial score (nSPS) is 16.9. The van der Waals surface area contributed by atoms with Gasteiger partial charge in [0.1, 0.15) is 17.6 Å². The maximum atomic E-state index is 12.3. The number of aryl methyl sites for hydroxylation is 1. The number of ether oxygens (including phenoxy) is 1. The number of aromatic nitrogens is 1. The topological polar surface area (TPSA) is 67.6 Å². The number of rotatable bonds is 6. The molecule has 1 atom stereocenters. The van der Waals surface area contributed by atoms with Crippen molar-refractivity contribution < 1.29 is 14.1 Å². The molecule has 7 heteroatoms. The highest BCUT2D eigenvalue weighted by atomic mass is 35.5. The molecule has 1 fully saturated rings. The Kier molecular flexibility index (Phi) is 7.43. The van der Waals surface area contributed by atoms with Crippen LogP contribution in [0, 0.1) is 0 Å². The Morgan fingerprint density at radius 3 is 2.88 bits per heavy atom. The molecule has 0 radical (unpaired) electrons. The first-order valence-corrected chi connectivity index (χ1v) is 8.32. The molecule has 1 aliphatic rings. The van der Waals surface area contributed by atoms with E-state index >= 15 is 0 Å². The van der Waals surface area contributed by atoms with Crippen molar-refractivity contribution in [2.24, 2.45) is 0 Å². The number of nitrogens with zero attached hydrogens (tertiary/aromatic N) is 2. The first kappa shape index (κ1) is 19.4. The number of amides is 1. The van der Waals surface area contributed by atoms with Crippen LogP contribution in [0.4, 0.5) is 0 Å². The minimum atomic E-state index is -0.362. The van der Waals surface area contributed by atoms with Gasteiger partial charge in [0.25, 0.3) is 5.91 Å². The highest BCUT2D eigenvalue weighted by Crippen LogP contribution is 2.19. The molecule has 6 nitrogen and oxygen atoms in total. The zero-order valence-corrected chi connectivity index (χ0v) is 15.1. The van der Waals surface area contributed by atoms with Crippen molar-refractivity contribution in [1.82, 2.24) is 15.4 Å². The van der Waals surface area contributed by atoms with E-state index in [1.54, 1.807) is 4.90 Å². The minimum absolute atomic E-state index is 0. The van der Waals surface area contributed by atoms with Crippen molar-refractivity contribution in [3.05, 3.63) is 42.2 Å². The molecule has 0 saturated carbocycles. The highest BCUT2D eigenvalue weighted by Gasteiger charge is 2.24. The van der Waals surface area contributed by atoms with Crippen molar-refractivity contribution in [1.29, 1.82) is 0 Å². The summed E-state index contributed by atoms with van der Waals surface area (Å²) in [6, 6.07) is 11.9. The second-order valence-electron chi connectivity index (χ2n) is 5.97. The summed E-state index contributed by atoms with van der Waals surface area (Å²) in [5.41, 5.74) is 1.89. The van der Waals surface area contributed by atoms with E-state index in [1.165, 1.54) is 0 Å². The fraction of sp³-hybridized carbons (Fsp3) is 0.444. The van der Waals surface area contributed by atoms with Gasteiger partial charge in [-0.25, -0.2) is 0 Å². The number of morpholine rings is 1. The summed E-state index contributed by atoms with van der Waals surface area (Å²) in [7, 11) is 1.82. The number of carbonyl (C=O) groups is 1. The van der Waals surface area contributed by atoms with E-state index in [4.69, 9.17) is 9.26 Å². The summed E-state index contributed by atoms with van der Waals surface area (Å²) in [5, 5.41) is 7.28. The molecule has 1 saturated heterocycles. The minimum Gasteiger partial charge on any atom is -0.366 e. The number of carbonyl (C=O) groups excluding carboxylic acids is 1. The second kappa shape index (κ2) is 9.56. The number of nitrogens with one attached hydrogen (secondary N) is 1. The molecule has 3 rings (SSSR count). The Morgan fingerprint density at radius 1 is 1.36 bits per heavy atom. The van der Waals surface area contributed by atoms with Gasteiger partial charge in [-0.2, -0.15) is 0 Å². The Hall–Kier alpha value is -1.89. The molecule has 1 N–H and O–H groups in total. The first-order chi connectivity index (χ1) is 11.7. The molecule has 1 aromatic carbocycles. The van der Waals surface area contributed by atoms with Crippen LogP contribution < -0.4 is 5.32 Å². The van der Waals surface area contributed by atoms with E-state index in [0.717, 1.165) is 36.4 Å². The largest absolute Gasteiger partial charge is 0.366 e. The lowest BCUT2D eigenvalue weighted by molar-refractivity contribution is -0.143. The molecule has 0 spiro atoms. The SMILES string of the molecule is CN(CCCc1cc(-c2ccccc2)no1)C(=O)C1CNCCO1.Cl. The van der Waals surface area contributed by atoms with Crippen LogP contribution in [0.5, 0.6) is 0 Å². The lowest BCUT2D eigenvalue weighted by Gasteiger charge is -2.27. The van der Waals surface area contributed by atoms with Crippen LogP contribution in [0.3, 0.4) is 0 Å². The van der Waals surface area contributed by atoms with Crippen molar-refractivity contribution in [2.45, 2.75) is 18.9 Å². The van der Waals surface area contributed by atoms with Gasteiger partial charge in [-0.15, -0.1) is 12.4 Å². The number of hydrogen-bond donors (Lipinski definition) is 1. The van der Waals surface area contributed by atoms with Gasteiger partial charge in [0, 0.05) is 44.7 Å². The smallest absolute Gasteiger partial charge is 0.252 e. The zero-order valence-electron chi connectivity index (χ0n) is 14.3. The van der Waals surface area contributed by atoms with Crippen LogP contribution in [0.1, 0.15) is 12.2 Å². The van der Waals surface area contributed by atoms with Crippen molar-refractivity contribution in [3.8, 4) is 11.3 Å². The van der Waals surface area contributed by atoms with Gasteiger partial charge in [0.2, 0.25) is 0 Å². The molecular formula is C18H24ClN3O3. The third-order valence-electron chi connectivity index (χ3n) is 4.12. The number of hydrogen-bond acceptors (Lipinski definition) is 5. The maximum Gasteiger partial charge on any atom is 0.252 e. The Bertz CT molecular complexity index is 657. The average Bonchev–Trinajstić information content (AvgIpc) is 3.11. The molecule has 0 aliphatic carbocycles. The summed E-state index contributed by atoms with van der Waals surface area (Å²) >= 11 is 0. The van der Waals surface area contributed by atoms with E-state index in [0.29, 0.717) is 19.7 Å². The molecule has 25 heavy (non-hydrogen) atoms. The lowest BCUT2D eigenvalue weighted by atomic mass is 10.1. The van der Waals surface area contributed by atoms with E-state index in [1.807, 2.05) is 43.4 Å². The number of likely N-dealkylation sites (N-methyl/N-ethyl adjacent to an activating group) is 1. The molecule has 2 heterocycles. The summed E-state index contributed by atoms with van der Waals surface area (Å²) in [4.78, 5) is 14.0. The van der Waals surface area contributed by atoms with Gasteiger partial charge in [0.05, 0.1) is 6.61 Å². The molecule has 1 aliphatic heterocycles. The molecule has 136 valence electrons. The molecular weight excluding hydrogens is 342 g/mol. The van der Waals surface area contributed by atoms with E-state index < -0.39 is 0 Å². The molecule has 1 amide bonds. The third kappa shape index (κ3) is 5.29. The predicted molar refractivity (Wildman–Crippen MR) is 97.8 cm³/mol. The van der Waals surface area contributed by atoms with E-state index in [2.05, 4.69) is 10.5 Å². The average molecular weight is 366 g/mol. The Balaban J connectivity index is 0.00000225. The van der Waals surface area contributed by atoms with E-state index in [9.17, 15) is 4.79 Å². The fourth-order valence-corrected chi connectivity index (χ4v) is 2.75. The summed E-state index contributed by atoms with van der Waals surface area (Å²) in [6.45, 7) is 2.65. The van der Waals surface area contributed by atoms with Gasteiger partial charge in [-0.3, -0.25) is 4.79 Å². The van der Waals surface area contributed by atoms with Gasteiger partial charge in [-0.1, -0.05) is 35.5 Å². The van der Waals surface area contributed by atoms with Crippen molar-refractivity contribution >= 4 is 18.3 Å². The summed E-state index contributed by atoms with van der Waals surface area (Å²) in [6.07, 6.45) is 1.21. The standard InChI is InChI=1S/C18H23N3O3.ClH/c1-21(18(22)17-13-19-9-11-23-17)10-5-8-15-12-16(20-24-15)14-6-3-2-4-7-14;/h2-4,6-7,12,17,19H,5,8-11,13H2,1H3;1H. The van der Waals surface area contributed by atoms with Gasteiger partial charge in [0.15, 0.2) is 0 Å². The maximum absolute atomic E-state index is 12.3. The first-order valence-electron chi connectivity index (χ1n) is 8.32. The van der Waals surface area contributed by atoms with E-state index in [-0.39, 0.29) is 24.4 Å². The molecule has 1 aromatic heterocycles. The van der Waals surface area contributed by atoms with Crippen LogP contribution in [0.15, 0.2) is 40.9 Å². The zero-order chi connectivity index (χ0) is 16.8. The lowest BCUT2D eigenvalue weighted by Crippen LogP contribution is -2.48. The third-order valence-corrected chi connectivity index (χ3v) is 4.12. The van der Waals surface area contributed by atoms with Gasteiger partial charge < -0.3 is 19.5 Å². The van der Waals surface area contributed by atoms with Crippen LogP contribution in [-0.2, 0) is 16.0 Å². The summed E-state index contributed by atoms with van der Waals surface area (Å²) < 4.78 is 10.9. The number of halogens is 1. The van der Waals surface area contributed by atoms with Gasteiger partial charge >= 0.3 is 0 Å². The second-order valence-corrected chi connectivity index (χ2v) is 5.97. The number of benzene rings is 1. The Morgan fingerprint density at radius 2 is 2.16 bits per heavy atom. The monoisotopic (exact) mass is 365 g/mol. The van der Waals surface area contributed by atoms with Gasteiger partial charge in [-0.05, 0) is 6.42 Å². The van der Waals surface area contributed by atoms with Crippen molar-refractivity contribution in [3.63, 3.8) is 0 Å². The summed E-state index contributed by atoms with van der Waals surface area (Å²) in [5.74, 6) is 0.870. The van der Waals surface area contributed by atoms with Crippen LogP contribution in [0.2, 0.25) is 0 Å². The fourth-order valence-electron chi connectivity index (χ4n) is 2.75. The van der Waals surface area contributed by atoms with Crippen LogP contribution in [0.25, 0.3) is 11.3 Å². The molecule has 0 bridgehead atoms. The highest BCUT2D eigenvalue weighted by molar-refractivity contribution is 5.85. The van der Waals surface area contributed by atoms with Crippen LogP contribution >= 0.6 is 12.4 Å². The van der Waals surface area contributed by atoms with Crippen LogP contribution in [-0.4, -0.2) is 55.4 Å². The van der Waals surface area contributed by atoms with Crippen molar-refractivity contribution in [2.75, 3.05) is 33.3 Å². The quantitative estimate of drug-likeness (QED) is 0.849.